The van der Waals surface area contributed by atoms with Crippen molar-refractivity contribution in [3.8, 4) is 11.5 Å². The van der Waals surface area contributed by atoms with Crippen molar-refractivity contribution in [3.63, 3.8) is 0 Å². The molecule has 1 aromatic carbocycles. The Balaban J connectivity index is 1.97. The van der Waals surface area contributed by atoms with E-state index in [1.165, 1.54) is 0 Å². The molecule has 1 aliphatic heterocycles. The number of aliphatic hydroxyl groups excluding tert-OH is 1. The van der Waals surface area contributed by atoms with Crippen LogP contribution < -0.4 is 14.8 Å². The fraction of sp³-hybridized carbons (Fsp3) is 0.588. The van der Waals surface area contributed by atoms with Crippen molar-refractivity contribution < 1.29 is 14.6 Å². The third-order valence-electron chi connectivity index (χ3n) is 3.91. The summed E-state index contributed by atoms with van der Waals surface area (Å²) in [6.07, 6.45) is 1.39. The van der Waals surface area contributed by atoms with Crippen molar-refractivity contribution in [1.82, 2.24) is 10.2 Å². The molecule has 0 aromatic heterocycles. The van der Waals surface area contributed by atoms with Crippen LogP contribution in [0.25, 0.3) is 0 Å². The molecule has 1 saturated heterocycles. The zero-order valence-corrected chi connectivity index (χ0v) is 14.2. The molecule has 1 aromatic rings. The first-order valence-corrected chi connectivity index (χ1v) is 8.10. The van der Waals surface area contributed by atoms with Gasteiger partial charge < -0.3 is 24.8 Å². The van der Waals surface area contributed by atoms with Gasteiger partial charge in [-0.3, -0.25) is 4.99 Å². The number of ether oxygens (including phenoxy) is 2. The summed E-state index contributed by atoms with van der Waals surface area (Å²) in [4.78, 5) is 6.79. The molecule has 0 saturated carbocycles. The number of likely N-dealkylation sites (tertiary alicyclic amines) is 1. The van der Waals surface area contributed by atoms with Crippen LogP contribution in [-0.4, -0.2) is 62.5 Å². The second-order valence-electron chi connectivity index (χ2n) is 5.56. The number of benzene rings is 1. The Labute approximate surface area is 138 Å². The Morgan fingerprint density at radius 3 is 2.74 bits per heavy atom. The van der Waals surface area contributed by atoms with E-state index in [-0.39, 0.29) is 6.10 Å². The van der Waals surface area contributed by atoms with Crippen molar-refractivity contribution in [1.29, 1.82) is 0 Å². The maximum Gasteiger partial charge on any atom is 0.194 e. The molecule has 0 radical (unpaired) electrons. The highest BCUT2D eigenvalue weighted by Crippen LogP contribution is 2.27. The lowest BCUT2D eigenvalue weighted by Gasteiger charge is -2.20. The molecule has 0 unspecified atom stereocenters. The van der Waals surface area contributed by atoms with Crippen LogP contribution in [0.1, 0.15) is 18.9 Å². The number of nitrogens with one attached hydrogen (secondary N) is 1. The second kappa shape index (κ2) is 8.62. The van der Waals surface area contributed by atoms with Gasteiger partial charge in [0.2, 0.25) is 0 Å². The molecule has 1 atom stereocenters. The first-order valence-electron chi connectivity index (χ1n) is 8.10. The minimum Gasteiger partial charge on any atom is -0.493 e. The summed E-state index contributed by atoms with van der Waals surface area (Å²) in [7, 11) is 3.27. The maximum absolute atomic E-state index is 9.68. The first-order chi connectivity index (χ1) is 11.2. The third-order valence-corrected chi connectivity index (χ3v) is 3.91. The van der Waals surface area contributed by atoms with E-state index < -0.39 is 0 Å². The zero-order valence-electron chi connectivity index (χ0n) is 14.2. The number of nitrogens with zero attached hydrogens (tertiary/aromatic N) is 2. The van der Waals surface area contributed by atoms with E-state index in [4.69, 9.17) is 9.47 Å². The summed E-state index contributed by atoms with van der Waals surface area (Å²) in [5, 5.41) is 13.0. The van der Waals surface area contributed by atoms with E-state index in [0.717, 1.165) is 49.0 Å². The molecule has 1 fully saturated rings. The van der Waals surface area contributed by atoms with Gasteiger partial charge >= 0.3 is 0 Å². The third kappa shape index (κ3) is 4.76. The van der Waals surface area contributed by atoms with Crippen molar-refractivity contribution in [2.45, 2.75) is 25.9 Å². The molecule has 0 bridgehead atoms. The number of rotatable bonds is 6. The number of methoxy groups -OCH3 is 2. The van der Waals surface area contributed by atoms with Gasteiger partial charge in [-0.2, -0.15) is 0 Å². The molecule has 0 spiro atoms. The summed E-state index contributed by atoms with van der Waals surface area (Å²) in [6, 6.07) is 5.93. The van der Waals surface area contributed by atoms with Crippen LogP contribution in [0.2, 0.25) is 0 Å². The van der Waals surface area contributed by atoms with Gasteiger partial charge in [-0.1, -0.05) is 6.07 Å². The lowest BCUT2D eigenvalue weighted by Crippen LogP contribution is -2.40. The predicted octanol–water partition coefficient (Wildman–Crippen LogP) is 1.28. The Morgan fingerprint density at radius 2 is 2.13 bits per heavy atom. The molecule has 1 heterocycles. The molecule has 1 aliphatic rings. The molecule has 0 aliphatic carbocycles. The van der Waals surface area contributed by atoms with Crippen molar-refractivity contribution in [2.75, 3.05) is 40.4 Å². The van der Waals surface area contributed by atoms with Crippen LogP contribution in [0.5, 0.6) is 11.5 Å². The van der Waals surface area contributed by atoms with Gasteiger partial charge in [0.1, 0.15) is 0 Å². The summed E-state index contributed by atoms with van der Waals surface area (Å²) in [5.41, 5.74) is 1.16. The van der Waals surface area contributed by atoms with Gasteiger partial charge in [0, 0.05) is 26.2 Å². The summed E-state index contributed by atoms with van der Waals surface area (Å²) in [6.45, 7) is 5.06. The van der Waals surface area contributed by atoms with Gasteiger partial charge in [-0.15, -0.1) is 0 Å². The molecule has 0 amide bonds. The van der Waals surface area contributed by atoms with E-state index in [2.05, 4.69) is 22.1 Å². The average molecular weight is 321 g/mol. The molecule has 2 N–H and O–H groups in total. The van der Waals surface area contributed by atoms with E-state index in [0.29, 0.717) is 13.1 Å². The van der Waals surface area contributed by atoms with Gasteiger partial charge in [0.25, 0.3) is 0 Å². The van der Waals surface area contributed by atoms with E-state index >= 15 is 0 Å². The number of hydrogen-bond acceptors (Lipinski definition) is 4. The normalized spacial score (nSPS) is 18.2. The average Bonchev–Trinajstić information content (AvgIpc) is 3.00. The predicted molar refractivity (Wildman–Crippen MR) is 91.4 cm³/mol. The van der Waals surface area contributed by atoms with E-state index in [1.54, 1.807) is 14.2 Å². The highest BCUT2D eigenvalue weighted by atomic mass is 16.5. The van der Waals surface area contributed by atoms with Crippen LogP contribution in [-0.2, 0) is 6.42 Å². The molecule has 6 nitrogen and oxygen atoms in total. The zero-order chi connectivity index (χ0) is 16.7. The number of guanidine groups is 1. The van der Waals surface area contributed by atoms with Crippen LogP contribution in [0.4, 0.5) is 0 Å². The summed E-state index contributed by atoms with van der Waals surface area (Å²) >= 11 is 0. The number of β-amino-alcohol motifs (C(OH)–C–C–N with tert-alkyl or cyclic N) is 1. The molecule has 6 heteroatoms. The van der Waals surface area contributed by atoms with Gasteiger partial charge in [-0.05, 0) is 37.5 Å². The van der Waals surface area contributed by atoms with Crippen molar-refractivity contribution >= 4 is 5.96 Å². The SMILES string of the molecule is CCNC(=NCCc1ccc(OC)c(OC)c1)N1CC[C@@H](O)C1. The van der Waals surface area contributed by atoms with Crippen LogP contribution in [0, 0.1) is 0 Å². The van der Waals surface area contributed by atoms with Crippen LogP contribution >= 0.6 is 0 Å². The lowest BCUT2D eigenvalue weighted by molar-refractivity contribution is 0.188. The molecular weight excluding hydrogens is 294 g/mol. The molecule has 128 valence electrons. The maximum atomic E-state index is 9.68. The van der Waals surface area contributed by atoms with Gasteiger partial charge in [-0.25, -0.2) is 0 Å². The first kappa shape index (κ1) is 17.4. The number of aliphatic imine (C=N–C) groups is 1. The minimum atomic E-state index is -0.246. The van der Waals surface area contributed by atoms with Crippen LogP contribution in [0.15, 0.2) is 23.2 Å². The van der Waals surface area contributed by atoms with Gasteiger partial charge in [0.05, 0.1) is 20.3 Å². The minimum absolute atomic E-state index is 0.246. The highest BCUT2D eigenvalue weighted by molar-refractivity contribution is 5.80. The Hall–Kier alpha value is -1.95. The molecule has 2 rings (SSSR count). The highest BCUT2D eigenvalue weighted by Gasteiger charge is 2.22. The van der Waals surface area contributed by atoms with Gasteiger partial charge in [0.15, 0.2) is 17.5 Å². The Morgan fingerprint density at radius 1 is 1.35 bits per heavy atom. The smallest absolute Gasteiger partial charge is 0.194 e. The van der Waals surface area contributed by atoms with E-state index in [9.17, 15) is 5.11 Å². The molecular formula is C17H27N3O3. The molecule has 23 heavy (non-hydrogen) atoms. The standard InChI is InChI=1S/C17H27N3O3/c1-4-18-17(20-10-8-14(21)12-20)19-9-7-13-5-6-15(22-2)16(11-13)23-3/h5-6,11,14,21H,4,7-10,12H2,1-3H3,(H,18,19)/t14-/m1/s1. The fourth-order valence-corrected chi connectivity index (χ4v) is 2.69. The summed E-state index contributed by atoms with van der Waals surface area (Å²) in [5.74, 6) is 2.35. The quantitative estimate of drug-likeness (QED) is 0.610. The largest absolute Gasteiger partial charge is 0.493 e. The number of hydrogen-bond donors (Lipinski definition) is 2. The Kier molecular flexibility index (Phi) is 6.52. The second-order valence-corrected chi connectivity index (χ2v) is 5.56. The number of aliphatic hydroxyl groups is 1. The summed E-state index contributed by atoms with van der Waals surface area (Å²) < 4.78 is 10.6. The van der Waals surface area contributed by atoms with Crippen molar-refractivity contribution in [2.24, 2.45) is 4.99 Å². The fourth-order valence-electron chi connectivity index (χ4n) is 2.69. The lowest BCUT2D eigenvalue weighted by atomic mass is 10.1. The topological polar surface area (TPSA) is 66.3 Å². The monoisotopic (exact) mass is 321 g/mol. The van der Waals surface area contributed by atoms with Crippen molar-refractivity contribution in [3.05, 3.63) is 23.8 Å². The Bertz CT molecular complexity index is 534. The van der Waals surface area contributed by atoms with E-state index in [1.807, 2.05) is 18.2 Å². The van der Waals surface area contributed by atoms with Crippen LogP contribution in [0.3, 0.4) is 0 Å².